The molecule has 0 bridgehead atoms. The molecule has 1 aromatic heterocycles. The van der Waals surface area contributed by atoms with E-state index < -0.39 is 0 Å². The lowest BCUT2D eigenvalue weighted by atomic mass is 9.75. The number of aromatic amines is 1. The van der Waals surface area contributed by atoms with Crippen molar-refractivity contribution in [2.75, 3.05) is 0 Å². The van der Waals surface area contributed by atoms with Crippen molar-refractivity contribution in [3.8, 4) is 0 Å². The van der Waals surface area contributed by atoms with Crippen molar-refractivity contribution in [3.63, 3.8) is 0 Å². The van der Waals surface area contributed by atoms with Gasteiger partial charge in [0.25, 0.3) is 5.91 Å². The van der Waals surface area contributed by atoms with E-state index in [1.165, 1.54) is 12.8 Å². The van der Waals surface area contributed by atoms with Gasteiger partial charge < -0.3 is 5.32 Å². The highest BCUT2D eigenvalue weighted by molar-refractivity contribution is 5.90. The molecule has 1 fully saturated rings. The van der Waals surface area contributed by atoms with Crippen LogP contribution in [0.4, 0.5) is 0 Å². The monoisotopic (exact) mass is 236 g/mol. The molecule has 0 spiro atoms. The third kappa shape index (κ3) is 3.05. The third-order valence-electron chi connectivity index (χ3n) is 3.34. The molecular formula is C12H20N4O. The van der Waals surface area contributed by atoms with Gasteiger partial charge in [0.1, 0.15) is 5.82 Å². The number of carbonyl (C=O) groups excluding carboxylic acids is 1. The number of nitrogens with one attached hydrogen (secondary N) is 2. The molecule has 94 valence electrons. The van der Waals surface area contributed by atoms with Crippen molar-refractivity contribution in [2.24, 2.45) is 5.41 Å². The highest BCUT2D eigenvalue weighted by atomic mass is 16.2. The van der Waals surface area contributed by atoms with Gasteiger partial charge in [-0.15, -0.1) is 5.10 Å². The molecule has 1 amide bonds. The van der Waals surface area contributed by atoms with Crippen LogP contribution in [0.25, 0.3) is 0 Å². The fourth-order valence-corrected chi connectivity index (χ4v) is 2.52. The van der Waals surface area contributed by atoms with Gasteiger partial charge in [-0.2, -0.15) is 0 Å². The van der Waals surface area contributed by atoms with E-state index in [4.69, 9.17) is 0 Å². The van der Waals surface area contributed by atoms with E-state index in [2.05, 4.69) is 34.3 Å². The molecule has 17 heavy (non-hydrogen) atoms. The molecule has 5 heteroatoms. The second kappa shape index (κ2) is 4.47. The number of rotatable bonds is 2. The number of amides is 1. The maximum atomic E-state index is 11.9. The Morgan fingerprint density at radius 1 is 1.53 bits per heavy atom. The van der Waals surface area contributed by atoms with Crippen molar-refractivity contribution < 1.29 is 4.79 Å². The summed E-state index contributed by atoms with van der Waals surface area (Å²) in [5.41, 5.74) is 0.325. The van der Waals surface area contributed by atoms with E-state index >= 15 is 0 Å². The lowest BCUT2D eigenvalue weighted by molar-refractivity contribution is 0.0892. The van der Waals surface area contributed by atoms with Gasteiger partial charge in [0.2, 0.25) is 5.82 Å². The molecule has 2 N–H and O–H groups in total. The van der Waals surface area contributed by atoms with Crippen LogP contribution in [0.5, 0.6) is 0 Å². The molecule has 2 rings (SSSR count). The van der Waals surface area contributed by atoms with Gasteiger partial charge in [-0.05, 0) is 31.6 Å². The van der Waals surface area contributed by atoms with E-state index in [-0.39, 0.29) is 17.8 Å². The summed E-state index contributed by atoms with van der Waals surface area (Å²) in [5.74, 6) is 0.738. The summed E-state index contributed by atoms with van der Waals surface area (Å²) >= 11 is 0. The molecule has 5 nitrogen and oxygen atoms in total. The van der Waals surface area contributed by atoms with Crippen molar-refractivity contribution >= 4 is 5.91 Å². The molecule has 1 saturated carbocycles. The minimum Gasteiger partial charge on any atom is -0.347 e. The molecule has 1 atom stereocenters. The zero-order valence-electron chi connectivity index (χ0n) is 10.7. The van der Waals surface area contributed by atoms with Crippen LogP contribution in [-0.4, -0.2) is 27.1 Å². The Hall–Kier alpha value is -1.39. The van der Waals surface area contributed by atoms with Gasteiger partial charge in [-0.1, -0.05) is 20.3 Å². The average Bonchev–Trinajstić information content (AvgIpc) is 2.63. The zero-order valence-corrected chi connectivity index (χ0v) is 10.7. The Morgan fingerprint density at radius 3 is 2.88 bits per heavy atom. The van der Waals surface area contributed by atoms with Crippen LogP contribution in [0.1, 0.15) is 56.0 Å². The fourth-order valence-electron chi connectivity index (χ4n) is 2.52. The van der Waals surface area contributed by atoms with E-state index in [0.717, 1.165) is 12.8 Å². The summed E-state index contributed by atoms with van der Waals surface area (Å²) in [6, 6.07) is 0.255. The number of aryl methyl sites for hydroxylation is 1. The maximum Gasteiger partial charge on any atom is 0.291 e. The lowest BCUT2D eigenvalue weighted by Gasteiger charge is -2.35. The molecule has 0 radical (unpaired) electrons. The predicted molar refractivity (Wildman–Crippen MR) is 64.6 cm³/mol. The number of H-pyrrole nitrogens is 1. The van der Waals surface area contributed by atoms with Crippen molar-refractivity contribution in [1.82, 2.24) is 20.5 Å². The molecular weight excluding hydrogens is 216 g/mol. The first kappa shape index (κ1) is 12.1. The quantitative estimate of drug-likeness (QED) is 0.822. The van der Waals surface area contributed by atoms with Crippen molar-refractivity contribution in [1.29, 1.82) is 0 Å². The van der Waals surface area contributed by atoms with Crippen molar-refractivity contribution in [2.45, 2.75) is 52.5 Å². The van der Waals surface area contributed by atoms with Gasteiger partial charge >= 0.3 is 0 Å². The summed E-state index contributed by atoms with van der Waals surface area (Å²) in [7, 11) is 0. The molecule has 1 unspecified atom stereocenters. The minimum atomic E-state index is -0.169. The molecule has 1 aromatic rings. The summed E-state index contributed by atoms with van der Waals surface area (Å²) in [6.07, 6.45) is 4.49. The summed E-state index contributed by atoms with van der Waals surface area (Å²) < 4.78 is 0. The van der Waals surface area contributed by atoms with E-state index in [9.17, 15) is 4.79 Å². The van der Waals surface area contributed by atoms with Crippen LogP contribution in [-0.2, 0) is 0 Å². The summed E-state index contributed by atoms with van der Waals surface area (Å²) in [5, 5.41) is 9.57. The lowest BCUT2D eigenvalue weighted by Crippen LogP contribution is -2.41. The predicted octanol–water partition coefficient (Wildman–Crippen LogP) is 1.81. The van der Waals surface area contributed by atoms with Crippen LogP contribution >= 0.6 is 0 Å². The van der Waals surface area contributed by atoms with Gasteiger partial charge in [0.05, 0.1) is 0 Å². The maximum absolute atomic E-state index is 11.9. The second-order valence-corrected chi connectivity index (χ2v) is 5.68. The first-order chi connectivity index (χ1) is 7.96. The van der Waals surface area contributed by atoms with Gasteiger partial charge in [0, 0.05) is 6.04 Å². The molecule has 0 aromatic carbocycles. The Bertz CT molecular complexity index is 410. The van der Waals surface area contributed by atoms with Crippen LogP contribution < -0.4 is 5.32 Å². The highest BCUT2D eigenvalue weighted by Gasteiger charge is 2.29. The summed E-state index contributed by atoms with van der Waals surface area (Å²) in [6.45, 7) is 6.29. The van der Waals surface area contributed by atoms with E-state index in [1.54, 1.807) is 6.92 Å². The Kier molecular flexibility index (Phi) is 3.17. The molecule has 1 aliphatic rings. The Morgan fingerprint density at radius 2 is 2.29 bits per heavy atom. The normalized spacial score (nSPS) is 23.4. The second-order valence-electron chi connectivity index (χ2n) is 5.68. The van der Waals surface area contributed by atoms with Crippen LogP contribution in [0.2, 0.25) is 0 Å². The minimum absolute atomic E-state index is 0.169. The number of carbonyl (C=O) groups is 1. The largest absolute Gasteiger partial charge is 0.347 e. The number of nitrogens with zero attached hydrogens (tertiary/aromatic N) is 2. The van der Waals surface area contributed by atoms with E-state index in [0.29, 0.717) is 11.2 Å². The van der Waals surface area contributed by atoms with Crippen LogP contribution in [0.3, 0.4) is 0 Å². The third-order valence-corrected chi connectivity index (χ3v) is 3.34. The smallest absolute Gasteiger partial charge is 0.291 e. The van der Waals surface area contributed by atoms with Gasteiger partial charge in [0.15, 0.2) is 0 Å². The number of hydrogen-bond acceptors (Lipinski definition) is 3. The zero-order chi connectivity index (χ0) is 12.5. The van der Waals surface area contributed by atoms with Gasteiger partial charge in [-0.3, -0.25) is 9.89 Å². The van der Waals surface area contributed by atoms with Crippen molar-refractivity contribution in [3.05, 3.63) is 11.6 Å². The SMILES string of the molecule is Cc1nc(C(=O)NC2CCCC(C)(C)C2)n[nH]1. The Balaban J connectivity index is 1.95. The fraction of sp³-hybridized carbons (Fsp3) is 0.750. The molecule has 1 aliphatic carbocycles. The molecule has 0 saturated heterocycles. The summed E-state index contributed by atoms with van der Waals surface area (Å²) in [4.78, 5) is 15.9. The number of aromatic nitrogens is 3. The first-order valence-electron chi connectivity index (χ1n) is 6.16. The topological polar surface area (TPSA) is 70.7 Å². The van der Waals surface area contributed by atoms with Crippen LogP contribution in [0.15, 0.2) is 0 Å². The Labute approximate surface area is 101 Å². The average molecular weight is 236 g/mol. The molecule has 1 heterocycles. The van der Waals surface area contributed by atoms with Crippen LogP contribution in [0, 0.1) is 12.3 Å². The van der Waals surface area contributed by atoms with E-state index in [1.807, 2.05) is 0 Å². The first-order valence-corrected chi connectivity index (χ1v) is 6.16. The van der Waals surface area contributed by atoms with Gasteiger partial charge in [-0.25, -0.2) is 4.98 Å². The molecule has 0 aliphatic heterocycles. The number of hydrogen-bond donors (Lipinski definition) is 2. The standard InChI is InChI=1S/C12H20N4O/c1-8-13-10(16-15-8)11(17)14-9-5-4-6-12(2,3)7-9/h9H,4-7H2,1-3H3,(H,14,17)(H,13,15,16). The highest BCUT2D eigenvalue weighted by Crippen LogP contribution is 2.35.